The van der Waals surface area contributed by atoms with Crippen LogP contribution in [0.3, 0.4) is 0 Å². The molecule has 2 aliphatic carbocycles. The number of nitrogens with zero attached hydrogens (tertiary/aromatic N) is 2. The number of amides is 1. The van der Waals surface area contributed by atoms with E-state index in [1.807, 2.05) is 19.9 Å². The Morgan fingerprint density at radius 2 is 2.00 bits per heavy atom. The summed E-state index contributed by atoms with van der Waals surface area (Å²) in [5, 5.41) is 3.12. The van der Waals surface area contributed by atoms with Gasteiger partial charge in [-0.05, 0) is 55.9 Å². The second-order valence-corrected chi connectivity index (χ2v) is 8.41. The molecule has 1 unspecified atom stereocenters. The number of aromatic nitrogens is 2. The Morgan fingerprint density at radius 1 is 1.21 bits per heavy atom. The van der Waals surface area contributed by atoms with Crippen LogP contribution < -0.4 is 10.1 Å². The van der Waals surface area contributed by atoms with Gasteiger partial charge in [-0.2, -0.15) is 0 Å². The van der Waals surface area contributed by atoms with Gasteiger partial charge in [-0.25, -0.2) is 9.97 Å². The molecule has 1 atom stereocenters. The standard InChI is InChI=1S/C24H31N3O2/c1-4-15(2)24(28)27-23-21(16-8-6-5-7-9-16)26-22-19-12-11-18(29-3)14-17(19)10-13-20(22)25-23/h11-12,14-16H,4-10,13H2,1-3H3,(H,25,27,28). The fourth-order valence-corrected chi connectivity index (χ4v) is 4.44. The van der Waals surface area contributed by atoms with Crippen molar-refractivity contribution in [3.63, 3.8) is 0 Å². The predicted octanol–water partition coefficient (Wildman–Crippen LogP) is 5.28. The van der Waals surface area contributed by atoms with Gasteiger partial charge in [0.2, 0.25) is 5.91 Å². The van der Waals surface area contributed by atoms with Gasteiger partial charge in [-0.15, -0.1) is 0 Å². The molecule has 0 radical (unpaired) electrons. The van der Waals surface area contributed by atoms with E-state index in [9.17, 15) is 4.79 Å². The third-order valence-electron chi connectivity index (χ3n) is 6.49. The summed E-state index contributed by atoms with van der Waals surface area (Å²) in [5.74, 6) is 1.96. The molecule has 4 rings (SSSR count). The molecule has 1 heterocycles. The molecule has 5 nitrogen and oxygen atoms in total. The van der Waals surface area contributed by atoms with Gasteiger partial charge in [0.25, 0.3) is 0 Å². The molecule has 1 N–H and O–H groups in total. The predicted molar refractivity (Wildman–Crippen MR) is 115 cm³/mol. The minimum absolute atomic E-state index is 0.0276. The maximum Gasteiger partial charge on any atom is 0.228 e. The summed E-state index contributed by atoms with van der Waals surface area (Å²) in [6, 6.07) is 6.20. The summed E-state index contributed by atoms with van der Waals surface area (Å²) in [4.78, 5) is 22.7. The Kier molecular flexibility index (Phi) is 5.84. The first-order valence-corrected chi connectivity index (χ1v) is 11.0. The number of hydrogen-bond donors (Lipinski definition) is 1. The number of aryl methyl sites for hydroxylation is 2. The van der Waals surface area contributed by atoms with E-state index in [0.29, 0.717) is 11.7 Å². The van der Waals surface area contributed by atoms with Crippen LogP contribution >= 0.6 is 0 Å². The SMILES string of the molecule is CCC(C)C(=O)Nc1nc2c(nc1C1CCCCC1)-c1ccc(OC)cc1CC2. The number of methoxy groups -OCH3 is 1. The molecule has 0 spiro atoms. The molecule has 1 aromatic heterocycles. The van der Waals surface area contributed by atoms with Crippen molar-refractivity contribution in [3.05, 3.63) is 35.2 Å². The second kappa shape index (κ2) is 8.52. The monoisotopic (exact) mass is 393 g/mol. The third kappa shape index (κ3) is 4.00. The Bertz CT molecular complexity index is 903. The molecule has 1 aromatic carbocycles. The highest BCUT2D eigenvalue weighted by Gasteiger charge is 2.27. The Hall–Kier alpha value is -2.43. The van der Waals surface area contributed by atoms with E-state index in [1.54, 1.807) is 7.11 Å². The zero-order valence-electron chi connectivity index (χ0n) is 17.8. The number of hydrogen-bond acceptors (Lipinski definition) is 4. The van der Waals surface area contributed by atoms with E-state index in [2.05, 4.69) is 17.4 Å². The lowest BCUT2D eigenvalue weighted by molar-refractivity contribution is -0.119. The zero-order chi connectivity index (χ0) is 20.4. The normalized spacial score (nSPS) is 17.2. The molecule has 2 aliphatic rings. The molecule has 0 aliphatic heterocycles. The van der Waals surface area contributed by atoms with Gasteiger partial charge in [0, 0.05) is 17.4 Å². The smallest absolute Gasteiger partial charge is 0.228 e. The van der Waals surface area contributed by atoms with E-state index >= 15 is 0 Å². The van der Waals surface area contributed by atoms with Crippen molar-refractivity contribution in [1.29, 1.82) is 0 Å². The lowest BCUT2D eigenvalue weighted by atomic mass is 9.85. The van der Waals surface area contributed by atoms with Crippen LogP contribution in [0.5, 0.6) is 5.75 Å². The van der Waals surface area contributed by atoms with Gasteiger partial charge < -0.3 is 10.1 Å². The molecule has 29 heavy (non-hydrogen) atoms. The molecule has 154 valence electrons. The summed E-state index contributed by atoms with van der Waals surface area (Å²) in [6.07, 6.45) is 8.52. The van der Waals surface area contributed by atoms with Crippen molar-refractivity contribution in [2.45, 2.75) is 71.1 Å². The molecule has 1 saturated carbocycles. The van der Waals surface area contributed by atoms with Gasteiger partial charge >= 0.3 is 0 Å². The number of fused-ring (bicyclic) bond motifs is 3. The highest BCUT2D eigenvalue weighted by molar-refractivity contribution is 5.92. The number of benzene rings is 1. The van der Waals surface area contributed by atoms with Crippen molar-refractivity contribution >= 4 is 11.7 Å². The number of nitrogens with one attached hydrogen (secondary N) is 1. The summed E-state index contributed by atoms with van der Waals surface area (Å²) in [5.41, 5.74) is 5.36. The number of rotatable bonds is 5. The molecule has 2 aromatic rings. The number of ether oxygens (including phenoxy) is 1. The molecule has 5 heteroatoms. The average Bonchev–Trinajstić information content (AvgIpc) is 2.77. The second-order valence-electron chi connectivity index (χ2n) is 8.41. The van der Waals surface area contributed by atoms with Crippen molar-refractivity contribution < 1.29 is 9.53 Å². The zero-order valence-corrected chi connectivity index (χ0v) is 17.8. The van der Waals surface area contributed by atoms with Crippen LogP contribution in [0.2, 0.25) is 0 Å². The molecule has 0 saturated heterocycles. The van der Waals surface area contributed by atoms with Crippen LogP contribution in [0, 0.1) is 5.92 Å². The quantitative estimate of drug-likeness (QED) is 0.750. The maximum atomic E-state index is 12.6. The fraction of sp³-hybridized carbons (Fsp3) is 0.542. The first-order chi connectivity index (χ1) is 14.1. The van der Waals surface area contributed by atoms with Crippen LogP contribution in [0.25, 0.3) is 11.3 Å². The number of carbonyl (C=O) groups is 1. The topological polar surface area (TPSA) is 64.1 Å². The molecule has 1 amide bonds. The highest BCUT2D eigenvalue weighted by Crippen LogP contribution is 2.39. The Morgan fingerprint density at radius 3 is 2.72 bits per heavy atom. The van der Waals surface area contributed by atoms with Crippen LogP contribution in [0.4, 0.5) is 5.82 Å². The van der Waals surface area contributed by atoms with Crippen molar-refractivity contribution in [3.8, 4) is 17.0 Å². The number of anilines is 1. The third-order valence-corrected chi connectivity index (χ3v) is 6.49. The van der Waals surface area contributed by atoms with E-state index in [4.69, 9.17) is 14.7 Å². The largest absolute Gasteiger partial charge is 0.497 e. The van der Waals surface area contributed by atoms with Crippen LogP contribution in [-0.2, 0) is 17.6 Å². The van der Waals surface area contributed by atoms with Gasteiger partial charge in [-0.3, -0.25) is 4.79 Å². The average molecular weight is 394 g/mol. The Labute approximate surface area is 173 Å². The minimum Gasteiger partial charge on any atom is -0.497 e. The van der Waals surface area contributed by atoms with E-state index < -0.39 is 0 Å². The Balaban J connectivity index is 1.77. The van der Waals surface area contributed by atoms with Crippen LogP contribution in [-0.4, -0.2) is 23.0 Å². The maximum absolute atomic E-state index is 12.6. The summed E-state index contributed by atoms with van der Waals surface area (Å²) in [6.45, 7) is 4.00. The summed E-state index contributed by atoms with van der Waals surface area (Å²) in [7, 11) is 1.70. The molecular formula is C24H31N3O2. The summed E-state index contributed by atoms with van der Waals surface area (Å²) < 4.78 is 5.40. The van der Waals surface area contributed by atoms with Gasteiger partial charge in [-0.1, -0.05) is 33.1 Å². The fourth-order valence-electron chi connectivity index (χ4n) is 4.44. The summed E-state index contributed by atoms with van der Waals surface area (Å²) >= 11 is 0. The van der Waals surface area contributed by atoms with E-state index in [1.165, 1.54) is 24.8 Å². The molecule has 0 bridgehead atoms. The lowest BCUT2D eigenvalue weighted by Crippen LogP contribution is -2.24. The van der Waals surface area contributed by atoms with E-state index in [-0.39, 0.29) is 11.8 Å². The molecule has 1 fully saturated rings. The molecular weight excluding hydrogens is 362 g/mol. The lowest BCUT2D eigenvalue weighted by Gasteiger charge is -2.26. The van der Waals surface area contributed by atoms with Gasteiger partial charge in [0.1, 0.15) is 5.75 Å². The first-order valence-electron chi connectivity index (χ1n) is 11.0. The minimum atomic E-state index is -0.0276. The van der Waals surface area contributed by atoms with Crippen LogP contribution in [0.15, 0.2) is 18.2 Å². The van der Waals surface area contributed by atoms with Gasteiger partial charge in [0.15, 0.2) is 5.82 Å². The highest BCUT2D eigenvalue weighted by atomic mass is 16.5. The van der Waals surface area contributed by atoms with Crippen molar-refractivity contribution in [1.82, 2.24) is 9.97 Å². The van der Waals surface area contributed by atoms with Gasteiger partial charge in [0.05, 0.1) is 24.2 Å². The number of carbonyl (C=O) groups excluding carboxylic acids is 1. The van der Waals surface area contributed by atoms with E-state index in [0.717, 1.165) is 60.5 Å². The van der Waals surface area contributed by atoms with Crippen LogP contribution in [0.1, 0.15) is 75.2 Å². The van der Waals surface area contributed by atoms with Crippen molar-refractivity contribution in [2.24, 2.45) is 5.92 Å². The first kappa shape index (κ1) is 19.9. The van der Waals surface area contributed by atoms with Crippen molar-refractivity contribution in [2.75, 3.05) is 12.4 Å².